The zero-order valence-electron chi connectivity index (χ0n) is 8.93. The minimum absolute atomic E-state index is 0.0402. The number of anilines is 1. The van der Waals surface area contributed by atoms with Crippen molar-refractivity contribution >= 4 is 29.3 Å². The predicted octanol–water partition coefficient (Wildman–Crippen LogP) is 1.58. The van der Waals surface area contributed by atoms with E-state index in [-0.39, 0.29) is 18.9 Å². The van der Waals surface area contributed by atoms with E-state index in [4.69, 9.17) is 9.84 Å². The van der Waals surface area contributed by atoms with Gasteiger partial charge >= 0.3 is 5.97 Å². The number of carbonyl (C=O) groups is 2. The molecule has 0 unspecified atom stereocenters. The molecule has 1 heterocycles. The van der Waals surface area contributed by atoms with Crippen molar-refractivity contribution in [1.82, 2.24) is 0 Å². The number of carboxylic acids is 1. The van der Waals surface area contributed by atoms with Gasteiger partial charge in [0.15, 0.2) is 6.61 Å². The number of benzene rings is 1. The summed E-state index contributed by atoms with van der Waals surface area (Å²) >= 11 is 1.44. The maximum absolute atomic E-state index is 11.1. The van der Waals surface area contributed by atoms with E-state index in [0.29, 0.717) is 17.2 Å². The zero-order valence-corrected chi connectivity index (χ0v) is 9.75. The van der Waals surface area contributed by atoms with Gasteiger partial charge in [-0.3, -0.25) is 9.59 Å². The summed E-state index contributed by atoms with van der Waals surface area (Å²) in [6.45, 7) is 0.0402. The molecule has 1 aromatic carbocycles. The highest BCUT2D eigenvalue weighted by molar-refractivity contribution is 7.99. The minimum Gasteiger partial charge on any atom is -0.482 e. The van der Waals surface area contributed by atoms with Crippen molar-refractivity contribution in [3.05, 3.63) is 18.2 Å². The van der Waals surface area contributed by atoms with Crippen LogP contribution >= 0.6 is 11.8 Å². The molecular formula is C11H11NO4S. The SMILES string of the molecule is O=C(O)CCSc1ccc2c(c1)NC(=O)CO2. The van der Waals surface area contributed by atoms with Crippen LogP contribution in [0.2, 0.25) is 0 Å². The molecule has 2 N–H and O–H groups in total. The van der Waals surface area contributed by atoms with Gasteiger partial charge in [0.2, 0.25) is 0 Å². The number of nitrogens with one attached hydrogen (secondary N) is 1. The number of hydrogen-bond acceptors (Lipinski definition) is 4. The molecule has 17 heavy (non-hydrogen) atoms. The van der Waals surface area contributed by atoms with Crippen molar-refractivity contribution in [3.8, 4) is 5.75 Å². The summed E-state index contributed by atoms with van der Waals surface area (Å²) in [5.41, 5.74) is 0.640. The van der Waals surface area contributed by atoms with Gasteiger partial charge in [0.25, 0.3) is 5.91 Å². The first-order valence-corrected chi connectivity index (χ1v) is 6.05. The van der Waals surface area contributed by atoms with Crippen LogP contribution in [0.1, 0.15) is 6.42 Å². The fraction of sp³-hybridized carbons (Fsp3) is 0.273. The monoisotopic (exact) mass is 253 g/mol. The van der Waals surface area contributed by atoms with Crippen LogP contribution in [-0.2, 0) is 9.59 Å². The predicted molar refractivity (Wildman–Crippen MR) is 63.5 cm³/mol. The Bertz CT molecular complexity index is 461. The van der Waals surface area contributed by atoms with Crippen molar-refractivity contribution in [2.45, 2.75) is 11.3 Å². The summed E-state index contributed by atoms with van der Waals surface area (Å²) in [6.07, 6.45) is 0.116. The van der Waals surface area contributed by atoms with Gasteiger partial charge in [-0.2, -0.15) is 0 Å². The molecule has 0 aromatic heterocycles. The summed E-state index contributed by atoms with van der Waals surface area (Å²) in [4.78, 5) is 22.4. The highest BCUT2D eigenvalue weighted by atomic mass is 32.2. The maximum Gasteiger partial charge on any atom is 0.304 e. The first-order valence-electron chi connectivity index (χ1n) is 5.06. The van der Waals surface area contributed by atoms with Crippen LogP contribution in [0.4, 0.5) is 5.69 Å². The molecule has 0 saturated carbocycles. The zero-order chi connectivity index (χ0) is 12.3. The first kappa shape index (κ1) is 11.8. The van der Waals surface area contributed by atoms with E-state index >= 15 is 0 Å². The van der Waals surface area contributed by atoms with Crippen LogP contribution < -0.4 is 10.1 Å². The van der Waals surface area contributed by atoms with Crippen LogP contribution in [0.15, 0.2) is 23.1 Å². The Morgan fingerprint density at radius 3 is 3.12 bits per heavy atom. The van der Waals surface area contributed by atoms with Gasteiger partial charge in [-0.1, -0.05) is 0 Å². The average molecular weight is 253 g/mol. The van der Waals surface area contributed by atoms with Gasteiger partial charge in [-0.25, -0.2) is 0 Å². The molecule has 5 nitrogen and oxygen atoms in total. The lowest BCUT2D eigenvalue weighted by Crippen LogP contribution is -2.25. The third-order valence-electron chi connectivity index (χ3n) is 2.17. The van der Waals surface area contributed by atoms with Crippen molar-refractivity contribution in [3.63, 3.8) is 0 Å². The molecular weight excluding hydrogens is 242 g/mol. The average Bonchev–Trinajstić information content (AvgIpc) is 2.28. The van der Waals surface area contributed by atoms with Crippen molar-refractivity contribution < 1.29 is 19.4 Å². The molecule has 1 aromatic rings. The summed E-state index contributed by atoms with van der Waals surface area (Å²) in [5, 5.41) is 11.2. The van der Waals surface area contributed by atoms with Gasteiger partial charge in [-0.15, -0.1) is 11.8 Å². The van der Waals surface area contributed by atoms with Crippen molar-refractivity contribution in [1.29, 1.82) is 0 Å². The third kappa shape index (κ3) is 3.13. The van der Waals surface area contributed by atoms with E-state index in [1.54, 1.807) is 12.1 Å². The van der Waals surface area contributed by atoms with Gasteiger partial charge in [0.05, 0.1) is 12.1 Å². The second-order valence-electron chi connectivity index (χ2n) is 3.49. The summed E-state index contributed by atoms with van der Waals surface area (Å²) in [5.74, 6) is 0.160. The Labute approximate surface area is 102 Å². The van der Waals surface area contributed by atoms with E-state index in [2.05, 4.69) is 5.32 Å². The third-order valence-corrected chi connectivity index (χ3v) is 3.16. The fourth-order valence-corrected chi connectivity index (χ4v) is 2.29. The largest absolute Gasteiger partial charge is 0.482 e. The maximum atomic E-state index is 11.1. The van der Waals surface area contributed by atoms with Crippen molar-refractivity contribution in [2.24, 2.45) is 0 Å². The highest BCUT2D eigenvalue weighted by Crippen LogP contribution is 2.32. The van der Waals surface area contributed by atoms with Gasteiger partial charge in [0.1, 0.15) is 5.75 Å². The topological polar surface area (TPSA) is 75.6 Å². The summed E-state index contributed by atoms with van der Waals surface area (Å²) in [7, 11) is 0. The Morgan fingerprint density at radius 2 is 2.35 bits per heavy atom. The number of carbonyl (C=O) groups excluding carboxylic acids is 1. The van der Waals surface area contributed by atoms with Crippen molar-refractivity contribution in [2.75, 3.05) is 17.7 Å². The second kappa shape index (κ2) is 5.09. The number of ether oxygens (including phenoxy) is 1. The molecule has 0 radical (unpaired) electrons. The normalized spacial score (nSPS) is 13.5. The number of thioether (sulfide) groups is 1. The quantitative estimate of drug-likeness (QED) is 0.797. The number of aliphatic carboxylic acids is 1. The van der Waals surface area contributed by atoms with Crippen LogP contribution in [0, 0.1) is 0 Å². The van der Waals surface area contributed by atoms with Crippen LogP contribution in [-0.4, -0.2) is 29.3 Å². The van der Waals surface area contributed by atoms with E-state index in [0.717, 1.165) is 4.90 Å². The van der Waals surface area contributed by atoms with Gasteiger partial charge < -0.3 is 15.2 Å². The van der Waals surface area contributed by atoms with Crippen LogP contribution in [0.3, 0.4) is 0 Å². The lowest BCUT2D eigenvalue weighted by molar-refractivity contribution is -0.136. The minimum atomic E-state index is -0.813. The number of carboxylic acid groups (broad SMARTS) is 1. The number of amides is 1. The molecule has 0 bridgehead atoms. The number of hydrogen-bond donors (Lipinski definition) is 2. The Morgan fingerprint density at radius 1 is 1.53 bits per heavy atom. The Balaban J connectivity index is 2.02. The summed E-state index contributed by atoms with van der Waals surface area (Å²) in [6, 6.07) is 5.42. The molecule has 90 valence electrons. The fourth-order valence-electron chi connectivity index (χ4n) is 1.41. The molecule has 6 heteroatoms. The Kier molecular flexibility index (Phi) is 3.53. The van der Waals surface area contributed by atoms with E-state index in [1.165, 1.54) is 11.8 Å². The Hall–Kier alpha value is -1.69. The van der Waals surface area contributed by atoms with E-state index in [9.17, 15) is 9.59 Å². The molecule has 0 atom stereocenters. The number of rotatable bonds is 4. The lowest BCUT2D eigenvalue weighted by atomic mass is 10.2. The standard InChI is InChI=1S/C11H11NO4S/c13-10-6-16-9-2-1-7(5-8(9)12-10)17-4-3-11(14)15/h1-2,5H,3-4,6H2,(H,12,13)(H,14,15). The number of fused-ring (bicyclic) bond motifs is 1. The van der Waals surface area contributed by atoms with Gasteiger partial charge in [0, 0.05) is 10.6 Å². The van der Waals surface area contributed by atoms with Crippen LogP contribution in [0.5, 0.6) is 5.75 Å². The molecule has 1 aliphatic rings. The van der Waals surface area contributed by atoms with Gasteiger partial charge in [-0.05, 0) is 18.2 Å². The molecule has 1 amide bonds. The smallest absolute Gasteiger partial charge is 0.304 e. The molecule has 0 aliphatic carbocycles. The highest BCUT2D eigenvalue weighted by Gasteiger charge is 2.15. The summed E-state index contributed by atoms with van der Waals surface area (Å²) < 4.78 is 5.22. The van der Waals surface area contributed by atoms with E-state index < -0.39 is 5.97 Å². The molecule has 0 fully saturated rings. The molecule has 0 saturated heterocycles. The first-order chi connectivity index (χ1) is 8.15. The second-order valence-corrected chi connectivity index (χ2v) is 4.66. The van der Waals surface area contributed by atoms with Crippen LogP contribution in [0.25, 0.3) is 0 Å². The van der Waals surface area contributed by atoms with E-state index in [1.807, 2.05) is 6.07 Å². The molecule has 0 spiro atoms. The molecule has 1 aliphatic heterocycles. The molecule has 2 rings (SSSR count). The lowest BCUT2D eigenvalue weighted by Gasteiger charge is -2.18.